The molecule has 1 N–H and O–H groups in total. The molecule has 0 saturated carbocycles. The van der Waals surface area contributed by atoms with Gasteiger partial charge in [-0.05, 0) is 109 Å². The van der Waals surface area contributed by atoms with Crippen LogP contribution in [0.3, 0.4) is 0 Å². The zero-order valence-electron chi connectivity index (χ0n) is 22.0. The number of hydrogen-bond acceptors (Lipinski definition) is 4. The second-order valence-electron chi connectivity index (χ2n) is 10.6. The number of benzene rings is 2. The van der Waals surface area contributed by atoms with Crippen LogP contribution in [-0.4, -0.2) is 55.3 Å². The normalized spacial score (nSPS) is 19.7. The summed E-state index contributed by atoms with van der Waals surface area (Å²) in [5, 5.41) is 1.27. The molecular formula is C30H39IN2O3. The highest BCUT2D eigenvalue weighted by Crippen LogP contribution is 2.48. The molecule has 5 nitrogen and oxygen atoms in total. The maximum absolute atomic E-state index is 12.7. The van der Waals surface area contributed by atoms with Gasteiger partial charge >= 0.3 is 5.97 Å². The molecular weight excluding hydrogens is 563 g/mol. The highest BCUT2D eigenvalue weighted by atomic mass is 127. The van der Waals surface area contributed by atoms with E-state index in [2.05, 4.69) is 102 Å². The Labute approximate surface area is 229 Å². The van der Waals surface area contributed by atoms with Crippen LogP contribution < -0.4 is 0 Å². The van der Waals surface area contributed by atoms with E-state index in [-0.39, 0.29) is 18.5 Å². The van der Waals surface area contributed by atoms with Crippen molar-refractivity contribution in [3.63, 3.8) is 0 Å². The number of aromatic nitrogens is 1. The van der Waals surface area contributed by atoms with Gasteiger partial charge in [-0.25, -0.2) is 4.79 Å². The molecule has 0 aliphatic heterocycles. The first-order valence-electron chi connectivity index (χ1n) is 13.1. The van der Waals surface area contributed by atoms with E-state index >= 15 is 0 Å². The second kappa shape index (κ2) is 12.1. The minimum atomic E-state index is -0.519. The molecule has 1 aliphatic rings. The van der Waals surface area contributed by atoms with E-state index in [9.17, 15) is 4.79 Å². The third-order valence-corrected chi connectivity index (χ3v) is 8.23. The van der Waals surface area contributed by atoms with Crippen LogP contribution in [-0.2, 0) is 27.1 Å². The molecule has 1 aliphatic carbocycles. The monoisotopic (exact) mass is 602 g/mol. The number of methoxy groups -OCH3 is 1. The molecule has 0 amide bonds. The van der Waals surface area contributed by atoms with Gasteiger partial charge in [0, 0.05) is 40.8 Å². The summed E-state index contributed by atoms with van der Waals surface area (Å²) in [7, 11) is 3.73. The van der Waals surface area contributed by atoms with E-state index in [4.69, 9.17) is 9.47 Å². The molecule has 1 aromatic heterocycles. The Bertz CT molecular complexity index is 1140. The van der Waals surface area contributed by atoms with Gasteiger partial charge in [0.2, 0.25) is 0 Å². The predicted octanol–water partition coefficient (Wildman–Crippen LogP) is 6.34. The highest BCUT2D eigenvalue weighted by molar-refractivity contribution is 14.1. The number of H-pyrrole nitrogens is 1. The molecule has 0 bridgehead atoms. The minimum absolute atomic E-state index is 0.00749. The van der Waals surface area contributed by atoms with Crippen molar-refractivity contribution < 1.29 is 14.3 Å². The quantitative estimate of drug-likeness (QED) is 0.206. The summed E-state index contributed by atoms with van der Waals surface area (Å²) >= 11 is 2.39. The van der Waals surface area contributed by atoms with Crippen molar-refractivity contribution in [3.05, 3.63) is 68.9 Å². The van der Waals surface area contributed by atoms with Crippen LogP contribution in [0.5, 0.6) is 0 Å². The molecule has 0 saturated heterocycles. The Kier molecular flexibility index (Phi) is 9.12. The SMILES string of the molecule is COCC(=O)O[C@]1(CCN(C)CCCc2cc3ccccc3[nH]2)CCc2cc(I)ccc2[C@@H]1C(C)C. The van der Waals surface area contributed by atoms with Crippen LogP contribution in [0.25, 0.3) is 10.9 Å². The van der Waals surface area contributed by atoms with Crippen LogP contribution in [0.15, 0.2) is 48.5 Å². The third kappa shape index (κ3) is 6.32. The number of rotatable bonds is 11. The highest BCUT2D eigenvalue weighted by Gasteiger charge is 2.47. The van der Waals surface area contributed by atoms with Gasteiger partial charge in [-0.15, -0.1) is 0 Å². The largest absolute Gasteiger partial charge is 0.457 e. The molecule has 194 valence electrons. The topological polar surface area (TPSA) is 54.6 Å². The fraction of sp³-hybridized carbons (Fsp3) is 0.500. The van der Waals surface area contributed by atoms with Gasteiger partial charge in [0.15, 0.2) is 0 Å². The molecule has 3 aromatic rings. The first-order valence-corrected chi connectivity index (χ1v) is 14.1. The summed E-state index contributed by atoms with van der Waals surface area (Å²) in [5.74, 6) is 0.254. The number of para-hydroxylation sites is 1. The molecule has 0 radical (unpaired) electrons. The van der Waals surface area contributed by atoms with E-state index in [1.165, 1.54) is 31.3 Å². The van der Waals surface area contributed by atoms with Crippen LogP contribution in [0, 0.1) is 9.49 Å². The average Bonchev–Trinajstić information content (AvgIpc) is 3.25. The van der Waals surface area contributed by atoms with Gasteiger partial charge in [0.1, 0.15) is 12.2 Å². The van der Waals surface area contributed by atoms with Crippen molar-refractivity contribution in [2.75, 3.05) is 33.9 Å². The molecule has 0 spiro atoms. The zero-order chi connectivity index (χ0) is 25.7. The molecule has 36 heavy (non-hydrogen) atoms. The van der Waals surface area contributed by atoms with Crippen LogP contribution in [0.4, 0.5) is 0 Å². The average molecular weight is 603 g/mol. The summed E-state index contributed by atoms with van der Waals surface area (Å²) in [6, 6.07) is 17.4. The van der Waals surface area contributed by atoms with E-state index in [0.29, 0.717) is 5.92 Å². The van der Waals surface area contributed by atoms with Gasteiger partial charge < -0.3 is 19.4 Å². The summed E-state index contributed by atoms with van der Waals surface area (Å²) in [5.41, 5.74) is 4.70. The standard InChI is InChI=1S/C30H39IN2O3/c1-21(2)29-26-12-11-24(31)18-22(26)13-14-30(29,36-28(34)20-35-4)15-17-33(3)16-7-9-25-19-23-8-5-6-10-27(23)32-25/h5-6,8,10-12,18-19,21,29,32H,7,9,13-17,20H2,1-4H3/t29-,30-/m0/s1. The van der Waals surface area contributed by atoms with Gasteiger partial charge in [0.05, 0.1) is 0 Å². The van der Waals surface area contributed by atoms with Gasteiger partial charge in [-0.2, -0.15) is 0 Å². The zero-order valence-corrected chi connectivity index (χ0v) is 24.1. The number of esters is 1. The number of nitrogens with one attached hydrogen (secondary N) is 1. The lowest BCUT2D eigenvalue weighted by atomic mass is 9.65. The van der Waals surface area contributed by atoms with Crippen molar-refractivity contribution in [1.29, 1.82) is 0 Å². The van der Waals surface area contributed by atoms with Crippen LogP contribution in [0.2, 0.25) is 0 Å². The van der Waals surface area contributed by atoms with E-state index in [1.807, 2.05) is 0 Å². The second-order valence-corrected chi connectivity index (χ2v) is 11.8. The van der Waals surface area contributed by atoms with E-state index in [0.717, 1.165) is 45.2 Å². The van der Waals surface area contributed by atoms with Crippen molar-refractivity contribution in [2.24, 2.45) is 5.92 Å². The summed E-state index contributed by atoms with van der Waals surface area (Å²) < 4.78 is 12.7. The van der Waals surface area contributed by atoms with Gasteiger partial charge in [-0.3, -0.25) is 0 Å². The number of nitrogens with zero attached hydrogens (tertiary/aromatic N) is 1. The lowest BCUT2D eigenvalue weighted by Gasteiger charge is -2.47. The smallest absolute Gasteiger partial charge is 0.332 e. The number of carbonyl (C=O) groups excluding carboxylic acids is 1. The Morgan fingerprint density at radius 1 is 1.19 bits per heavy atom. The fourth-order valence-corrected chi connectivity index (χ4v) is 6.52. The molecule has 0 unspecified atom stereocenters. The summed E-state index contributed by atoms with van der Waals surface area (Å²) in [6.45, 7) is 6.38. The summed E-state index contributed by atoms with van der Waals surface area (Å²) in [4.78, 5) is 18.7. The lowest BCUT2D eigenvalue weighted by Crippen LogP contribution is -2.49. The molecule has 0 fully saturated rings. The Hall–Kier alpha value is -1.90. The molecule has 2 atom stereocenters. The van der Waals surface area contributed by atoms with Crippen molar-refractivity contribution in [1.82, 2.24) is 9.88 Å². The van der Waals surface area contributed by atoms with Crippen molar-refractivity contribution >= 4 is 39.5 Å². The van der Waals surface area contributed by atoms with Crippen LogP contribution in [0.1, 0.15) is 55.8 Å². The van der Waals surface area contributed by atoms with E-state index < -0.39 is 5.60 Å². The lowest BCUT2D eigenvalue weighted by molar-refractivity contribution is -0.172. The van der Waals surface area contributed by atoms with Gasteiger partial charge in [0.25, 0.3) is 0 Å². The van der Waals surface area contributed by atoms with Gasteiger partial charge in [-0.1, -0.05) is 38.1 Å². The first kappa shape index (κ1) is 27.1. The Morgan fingerprint density at radius 2 is 2.00 bits per heavy atom. The fourth-order valence-electron chi connectivity index (χ4n) is 5.97. The number of halogens is 1. The number of carbonyl (C=O) groups is 1. The predicted molar refractivity (Wildman–Crippen MR) is 154 cm³/mol. The number of ether oxygens (including phenoxy) is 2. The molecule has 2 aromatic carbocycles. The minimum Gasteiger partial charge on any atom is -0.457 e. The van der Waals surface area contributed by atoms with Crippen molar-refractivity contribution in [2.45, 2.75) is 57.5 Å². The van der Waals surface area contributed by atoms with Crippen molar-refractivity contribution in [3.8, 4) is 0 Å². The van der Waals surface area contributed by atoms with Crippen LogP contribution >= 0.6 is 22.6 Å². The van der Waals surface area contributed by atoms with E-state index in [1.54, 1.807) is 7.11 Å². The Morgan fingerprint density at radius 3 is 2.75 bits per heavy atom. The third-order valence-electron chi connectivity index (χ3n) is 7.56. The number of fused-ring (bicyclic) bond motifs is 2. The summed E-state index contributed by atoms with van der Waals surface area (Å²) in [6.07, 6.45) is 4.70. The first-order chi connectivity index (χ1) is 17.3. The number of aryl methyl sites for hydroxylation is 2. The maximum atomic E-state index is 12.7. The maximum Gasteiger partial charge on any atom is 0.332 e. The Balaban J connectivity index is 1.44. The molecule has 1 heterocycles. The number of aromatic amines is 1. The number of hydrogen-bond donors (Lipinski definition) is 1. The molecule has 4 rings (SSSR count). The molecule has 6 heteroatoms.